The van der Waals surface area contributed by atoms with Gasteiger partial charge in [0.2, 0.25) is 5.95 Å². The molecule has 0 saturated heterocycles. The van der Waals surface area contributed by atoms with Gasteiger partial charge in [-0.05, 0) is 19.9 Å². The van der Waals surface area contributed by atoms with Crippen LogP contribution in [0.5, 0.6) is 0 Å². The van der Waals surface area contributed by atoms with Crippen molar-refractivity contribution in [3.63, 3.8) is 0 Å². The lowest BCUT2D eigenvalue weighted by Gasteiger charge is -2.15. The monoisotopic (exact) mass is 198 g/mol. The molecule has 0 aliphatic heterocycles. The number of hydrogen-bond acceptors (Lipinski definition) is 2. The minimum Gasteiger partial charge on any atom is -0.226 e. The highest BCUT2D eigenvalue weighted by atomic mass is 35.5. The molecule has 0 aliphatic carbocycles. The van der Waals surface area contributed by atoms with Gasteiger partial charge in [0.1, 0.15) is 0 Å². The molecule has 0 amide bonds. The fourth-order valence-corrected chi connectivity index (χ4v) is 1.08. The quantitative estimate of drug-likeness (QED) is 0.651. The zero-order valence-electron chi connectivity index (χ0n) is 7.31. The molecule has 68 valence electrons. The standard InChI is InChI=1S/C9H8ClFN2/c1-9(2,5-12)7-3-6(10)4-13-8(7)11/h3-4H,1-2H3. The van der Waals surface area contributed by atoms with Crippen molar-refractivity contribution in [1.29, 1.82) is 5.26 Å². The van der Waals surface area contributed by atoms with Gasteiger partial charge < -0.3 is 0 Å². The fraction of sp³-hybridized carbons (Fsp3) is 0.333. The molecule has 13 heavy (non-hydrogen) atoms. The summed E-state index contributed by atoms with van der Waals surface area (Å²) in [6.45, 7) is 3.23. The highest BCUT2D eigenvalue weighted by Gasteiger charge is 2.24. The number of nitriles is 1. The number of hydrogen-bond donors (Lipinski definition) is 0. The molecule has 0 aromatic carbocycles. The van der Waals surface area contributed by atoms with Gasteiger partial charge in [0.25, 0.3) is 0 Å². The summed E-state index contributed by atoms with van der Waals surface area (Å²) in [5.41, 5.74) is -0.676. The van der Waals surface area contributed by atoms with Crippen molar-refractivity contribution in [1.82, 2.24) is 4.98 Å². The third kappa shape index (κ3) is 1.96. The maximum atomic E-state index is 13.1. The minimum atomic E-state index is -0.901. The predicted octanol–water partition coefficient (Wildman–Crippen LogP) is 2.68. The van der Waals surface area contributed by atoms with E-state index in [2.05, 4.69) is 4.98 Å². The Labute approximate surface area is 81.0 Å². The Morgan fingerprint density at radius 2 is 2.23 bits per heavy atom. The zero-order valence-corrected chi connectivity index (χ0v) is 8.06. The van der Waals surface area contributed by atoms with Crippen LogP contribution in [0.1, 0.15) is 19.4 Å². The second-order valence-corrected chi connectivity index (χ2v) is 3.67. The summed E-state index contributed by atoms with van der Waals surface area (Å²) < 4.78 is 13.1. The maximum Gasteiger partial charge on any atom is 0.217 e. The largest absolute Gasteiger partial charge is 0.226 e. The van der Waals surface area contributed by atoms with Crippen molar-refractivity contribution in [2.45, 2.75) is 19.3 Å². The van der Waals surface area contributed by atoms with Gasteiger partial charge in [0.15, 0.2) is 0 Å². The van der Waals surface area contributed by atoms with E-state index in [-0.39, 0.29) is 5.56 Å². The smallest absolute Gasteiger partial charge is 0.217 e. The highest BCUT2D eigenvalue weighted by Crippen LogP contribution is 2.25. The van der Waals surface area contributed by atoms with Gasteiger partial charge in [-0.3, -0.25) is 0 Å². The average Bonchev–Trinajstić information content (AvgIpc) is 2.09. The van der Waals surface area contributed by atoms with Crippen molar-refractivity contribution >= 4 is 11.6 Å². The Bertz CT molecular complexity index is 368. The lowest BCUT2D eigenvalue weighted by Crippen LogP contribution is -2.16. The summed E-state index contributed by atoms with van der Waals surface area (Å²) in [5.74, 6) is -0.643. The topological polar surface area (TPSA) is 36.7 Å². The Morgan fingerprint density at radius 1 is 1.62 bits per heavy atom. The number of halogens is 2. The molecule has 1 aromatic rings. The molecule has 0 fully saturated rings. The summed E-state index contributed by atoms with van der Waals surface area (Å²) in [7, 11) is 0. The summed E-state index contributed by atoms with van der Waals surface area (Å²) in [6, 6.07) is 3.41. The molecule has 1 rings (SSSR count). The van der Waals surface area contributed by atoms with E-state index < -0.39 is 11.4 Å². The van der Waals surface area contributed by atoms with Crippen LogP contribution >= 0.6 is 11.6 Å². The first-order valence-corrected chi connectivity index (χ1v) is 4.08. The van der Waals surface area contributed by atoms with Gasteiger partial charge in [-0.15, -0.1) is 0 Å². The first kappa shape index (κ1) is 9.94. The van der Waals surface area contributed by atoms with Gasteiger partial charge in [-0.2, -0.15) is 9.65 Å². The molecule has 0 atom stereocenters. The van der Waals surface area contributed by atoms with E-state index in [1.807, 2.05) is 6.07 Å². The molecule has 0 spiro atoms. The summed E-state index contributed by atoms with van der Waals surface area (Å²) in [4.78, 5) is 3.44. The zero-order chi connectivity index (χ0) is 10.1. The molecular weight excluding hydrogens is 191 g/mol. The number of nitrogens with zero attached hydrogens (tertiary/aromatic N) is 2. The molecule has 0 bridgehead atoms. The van der Waals surface area contributed by atoms with Crippen LogP contribution in [0.15, 0.2) is 12.3 Å². The van der Waals surface area contributed by atoms with Crippen LogP contribution in [-0.4, -0.2) is 4.98 Å². The van der Waals surface area contributed by atoms with Gasteiger partial charge in [0.05, 0.1) is 16.5 Å². The van der Waals surface area contributed by atoms with E-state index in [1.165, 1.54) is 12.3 Å². The lowest BCUT2D eigenvalue weighted by molar-refractivity contribution is 0.531. The van der Waals surface area contributed by atoms with Gasteiger partial charge in [0, 0.05) is 11.8 Å². The maximum absolute atomic E-state index is 13.1. The highest BCUT2D eigenvalue weighted by molar-refractivity contribution is 6.30. The Kier molecular flexibility index (Phi) is 2.53. The first-order chi connectivity index (χ1) is 5.97. The molecule has 1 aromatic heterocycles. The fourth-order valence-electron chi connectivity index (χ4n) is 0.921. The van der Waals surface area contributed by atoms with E-state index in [9.17, 15) is 4.39 Å². The van der Waals surface area contributed by atoms with Crippen molar-refractivity contribution in [3.05, 3.63) is 28.8 Å². The van der Waals surface area contributed by atoms with E-state index in [0.29, 0.717) is 5.02 Å². The number of aromatic nitrogens is 1. The molecule has 0 aliphatic rings. The first-order valence-electron chi connectivity index (χ1n) is 3.70. The van der Waals surface area contributed by atoms with Gasteiger partial charge in [-0.25, -0.2) is 4.98 Å². The summed E-state index contributed by atoms with van der Waals surface area (Å²) in [6.07, 6.45) is 1.22. The van der Waals surface area contributed by atoms with Gasteiger partial charge in [-0.1, -0.05) is 11.6 Å². The Hall–Kier alpha value is -1.14. The molecule has 2 nitrogen and oxygen atoms in total. The van der Waals surface area contributed by atoms with E-state index in [0.717, 1.165) is 0 Å². The van der Waals surface area contributed by atoms with Crippen molar-refractivity contribution < 1.29 is 4.39 Å². The normalized spacial score (nSPS) is 11.0. The van der Waals surface area contributed by atoms with Crippen LogP contribution in [-0.2, 0) is 5.41 Å². The van der Waals surface area contributed by atoms with Crippen LogP contribution in [0.2, 0.25) is 5.02 Å². The Morgan fingerprint density at radius 3 is 2.77 bits per heavy atom. The van der Waals surface area contributed by atoms with Crippen molar-refractivity contribution in [2.24, 2.45) is 0 Å². The Balaban J connectivity index is 3.30. The minimum absolute atomic E-state index is 0.225. The van der Waals surface area contributed by atoms with Crippen LogP contribution < -0.4 is 0 Å². The molecule has 0 saturated carbocycles. The number of rotatable bonds is 1. The molecule has 4 heteroatoms. The predicted molar refractivity (Wildman–Crippen MR) is 47.8 cm³/mol. The average molecular weight is 199 g/mol. The second-order valence-electron chi connectivity index (χ2n) is 3.23. The van der Waals surface area contributed by atoms with Crippen LogP contribution in [0.3, 0.4) is 0 Å². The molecular formula is C9H8ClFN2. The number of pyridine rings is 1. The van der Waals surface area contributed by atoms with Crippen molar-refractivity contribution in [2.75, 3.05) is 0 Å². The molecule has 0 unspecified atom stereocenters. The third-order valence-electron chi connectivity index (χ3n) is 1.76. The summed E-state index contributed by atoms with van der Waals surface area (Å²) >= 11 is 5.64. The van der Waals surface area contributed by atoms with Crippen LogP contribution in [0.4, 0.5) is 4.39 Å². The van der Waals surface area contributed by atoms with E-state index >= 15 is 0 Å². The molecule has 0 N–H and O–H groups in total. The van der Waals surface area contributed by atoms with E-state index in [4.69, 9.17) is 16.9 Å². The van der Waals surface area contributed by atoms with Crippen molar-refractivity contribution in [3.8, 4) is 6.07 Å². The van der Waals surface area contributed by atoms with Gasteiger partial charge >= 0.3 is 0 Å². The van der Waals surface area contributed by atoms with Crippen LogP contribution in [0.25, 0.3) is 0 Å². The second kappa shape index (κ2) is 3.31. The lowest BCUT2D eigenvalue weighted by atomic mass is 9.87. The SMILES string of the molecule is CC(C)(C#N)c1cc(Cl)cnc1F. The third-order valence-corrected chi connectivity index (χ3v) is 1.97. The molecule has 0 radical (unpaired) electrons. The van der Waals surface area contributed by atoms with Crippen LogP contribution in [0, 0.1) is 17.3 Å². The van der Waals surface area contributed by atoms with E-state index in [1.54, 1.807) is 13.8 Å². The summed E-state index contributed by atoms with van der Waals surface area (Å²) in [5, 5.41) is 9.11. The molecule has 1 heterocycles.